The van der Waals surface area contributed by atoms with E-state index < -0.39 is 17.8 Å². The summed E-state index contributed by atoms with van der Waals surface area (Å²) in [5.74, 6) is -2.38. The largest absolute Gasteiger partial charge is 0.465 e. The number of amides is 2. The Labute approximate surface area is 111 Å². The van der Waals surface area contributed by atoms with Gasteiger partial charge in [-0.05, 0) is 12.5 Å². The van der Waals surface area contributed by atoms with Crippen molar-refractivity contribution in [3.63, 3.8) is 0 Å². The predicted octanol–water partition coefficient (Wildman–Crippen LogP) is 1.12. The summed E-state index contributed by atoms with van der Waals surface area (Å²) < 4.78 is 4.80. The first kappa shape index (κ1) is 13.3. The Balaban J connectivity index is 2.09. The van der Waals surface area contributed by atoms with Crippen LogP contribution in [0.5, 0.6) is 0 Å². The zero-order valence-electron chi connectivity index (χ0n) is 10.7. The van der Waals surface area contributed by atoms with E-state index in [0.717, 1.165) is 10.5 Å². The maximum atomic E-state index is 12.0. The molecular weight excluding hydrogens is 246 g/mol. The van der Waals surface area contributed by atoms with Crippen molar-refractivity contribution in [2.75, 3.05) is 6.61 Å². The van der Waals surface area contributed by atoms with Gasteiger partial charge in [0.05, 0.1) is 13.2 Å². The molecule has 1 fully saturated rings. The third-order valence-corrected chi connectivity index (χ3v) is 3.00. The second-order valence-electron chi connectivity index (χ2n) is 4.31. The highest BCUT2D eigenvalue weighted by atomic mass is 16.5. The number of rotatable bonds is 4. The van der Waals surface area contributed by atoms with E-state index >= 15 is 0 Å². The van der Waals surface area contributed by atoms with E-state index in [4.69, 9.17) is 4.74 Å². The Morgan fingerprint density at radius 3 is 2.63 bits per heavy atom. The van der Waals surface area contributed by atoms with E-state index in [9.17, 15) is 14.4 Å². The maximum Gasteiger partial charge on any atom is 0.319 e. The molecule has 0 bridgehead atoms. The fourth-order valence-corrected chi connectivity index (χ4v) is 2.04. The minimum Gasteiger partial charge on any atom is -0.465 e. The minimum atomic E-state index is -0.976. The Bertz CT molecular complexity index is 497. The second-order valence-corrected chi connectivity index (χ2v) is 4.31. The third kappa shape index (κ3) is 2.81. The van der Waals surface area contributed by atoms with Crippen LogP contribution in [0.3, 0.4) is 0 Å². The molecule has 1 unspecified atom stereocenters. The van der Waals surface area contributed by atoms with Crippen molar-refractivity contribution < 1.29 is 19.1 Å². The SMILES string of the molecule is CCOC(=O)C1CC(=O)N(Cc2ccccc2)C1=O. The summed E-state index contributed by atoms with van der Waals surface area (Å²) in [6.07, 6.45) is -0.0928. The summed E-state index contributed by atoms with van der Waals surface area (Å²) in [5, 5.41) is 0. The highest BCUT2D eigenvalue weighted by Crippen LogP contribution is 2.23. The molecule has 5 heteroatoms. The molecule has 5 nitrogen and oxygen atoms in total. The van der Waals surface area contributed by atoms with Crippen molar-refractivity contribution >= 4 is 17.8 Å². The van der Waals surface area contributed by atoms with Crippen molar-refractivity contribution in [3.05, 3.63) is 35.9 Å². The first-order valence-electron chi connectivity index (χ1n) is 6.18. The molecule has 0 N–H and O–H groups in total. The van der Waals surface area contributed by atoms with Crippen LogP contribution in [-0.2, 0) is 25.7 Å². The number of hydrogen-bond donors (Lipinski definition) is 0. The monoisotopic (exact) mass is 261 g/mol. The summed E-state index contributed by atoms with van der Waals surface area (Å²) >= 11 is 0. The lowest BCUT2D eigenvalue weighted by atomic mass is 10.1. The summed E-state index contributed by atoms with van der Waals surface area (Å²) in [7, 11) is 0. The highest BCUT2D eigenvalue weighted by molar-refractivity contribution is 6.12. The lowest BCUT2D eigenvalue weighted by Gasteiger charge is -2.14. The fourth-order valence-electron chi connectivity index (χ4n) is 2.04. The average Bonchev–Trinajstić information content (AvgIpc) is 2.68. The number of ether oxygens (including phenoxy) is 1. The summed E-state index contributed by atoms with van der Waals surface area (Å²) in [4.78, 5) is 36.5. The zero-order valence-corrected chi connectivity index (χ0v) is 10.7. The molecule has 1 aromatic carbocycles. The van der Waals surface area contributed by atoms with Crippen LogP contribution >= 0.6 is 0 Å². The van der Waals surface area contributed by atoms with Gasteiger partial charge in [-0.1, -0.05) is 30.3 Å². The van der Waals surface area contributed by atoms with Gasteiger partial charge in [0.2, 0.25) is 11.8 Å². The van der Waals surface area contributed by atoms with Crippen molar-refractivity contribution in [3.8, 4) is 0 Å². The third-order valence-electron chi connectivity index (χ3n) is 3.00. The van der Waals surface area contributed by atoms with Gasteiger partial charge in [-0.25, -0.2) is 0 Å². The lowest BCUT2D eigenvalue weighted by Crippen LogP contribution is -2.32. The topological polar surface area (TPSA) is 63.7 Å². The Morgan fingerprint density at radius 2 is 2.00 bits per heavy atom. The predicted molar refractivity (Wildman–Crippen MR) is 66.7 cm³/mol. The highest BCUT2D eigenvalue weighted by Gasteiger charge is 2.43. The number of carbonyl (C=O) groups is 3. The molecule has 2 rings (SSSR count). The number of esters is 1. The lowest BCUT2D eigenvalue weighted by molar-refractivity contribution is -0.152. The number of benzene rings is 1. The Hall–Kier alpha value is -2.17. The van der Waals surface area contributed by atoms with Gasteiger partial charge < -0.3 is 4.74 Å². The van der Waals surface area contributed by atoms with Gasteiger partial charge in [-0.3, -0.25) is 19.3 Å². The Morgan fingerprint density at radius 1 is 1.32 bits per heavy atom. The molecule has 1 aromatic rings. The van der Waals surface area contributed by atoms with Crippen LogP contribution in [0.25, 0.3) is 0 Å². The summed E-state index contributed by atoms with van der Waals surface area (Å²) in [6.45, 7) is 2.07. The fraction of sp³-hybridized carbons (Fsp3) is 0.357. The zero-order chi connectivity index (χ0) is 13.8. The molecule has 0 aliphatic carbocycles. The molecule has 1 aliphatic heterocycles. The van der Waals surface area contributed by atoms with E-state index in [-0.39, 0.29) is 25.5 Å². The molecule has 1 atom stereocenters. The maximum absolute atomic E-state index is 12.0. The van der Waals surface area contributed by atoms with E-state index in [1.807, 2.05) is 30.3 Å². The van der Waals surface area contributed by atoms with Crippen LogP contribution in [0.2, 0.25) is 0 Å². The van der Waals surface area contributed by atoms with Gasteiger partial charge in [-0.15, -0.1) is 0 Å². The summed E-state index contributed by atoms with van der Waals surface area (Å²) in [6, 6.07) is 9.20. The van der Waals surface area contributed by atoms with Crippen LogP contribution in [-0.4, -0.2) is 29.3 Å². The van der Waals surface area contributed by atoms with Crippen LogP contribution in [0, 0.1) is 5.92 Å². The quantitative estimate of drug-likeness (QED) is 0.463. The number of nitrogens with zero attached hydrogens (tertiary/aromatic N) is 1. The number of likely N-dealkylation sites (tertiary alicyclic amines) is 1. The first-order chi connectivity index (χ1) is 9.13. The van der Waals surface area contributed by atoms with Crippen molar-refractivity contribution in [1.82, 2.24) is 4.90 Å². The van der Waals surface area contributed by atoms with E-state index in [0.29, 0.717) is 0 Å². The van der Waals surface area contributed by atoms with Crippen molar-refractivity contribution in [1.29, 1.82) is 0 Å². The minimum absolute atomic E-state index is 0.0928. The summed E-state index contributed by atoms with van der Waals surface area (Å²) in [5.41, 5.74) is 0.855. The van der Waals surface area contributed by atoms with Gasteiger partial charge in [0.15, 0.2) is 0 Å². The molecule has 1 aliphatic rings. The van der Waals surface area contributed by atoms with E-state index in [2.05, 4.69) is 0 Å². The van der Waals surface area contributed by atoms with Gasteiger partial charge in [-0.2, -0.15) is 0 Å². The number of carbonyl (C=O) groups excluding carboxylic acids is 3. The number of imide groups is 1. The molecule has 100 valence electrons. The first-order valence-corrected chi connectivity index (χ1v) is 6.18. The van der Waals surface area contributed by atoms with E-state index in [1.165, 1.54) is 0 Å². The van der Waals surface area contributed by atoms with Gasteiger partial charge in [0.25, 0.3) is 0 Å². The normalized spacial score (nSPS) is 18.8. The van der Waals surface area contributed by atoms with Crippen LogP contribution in [0.4, 0.5) is 0 Å². The van der Waals surface area contributed by atoms with Gasteiger partial charge in [0.1, 0.15) is 5.92 Å². The van der Waals surface area contributed by atoms with Crippen LogP contribution in [0.1, 0.15) is 18.9 Å². The molecule has 0 saturated carbocycles. The van der Waals surface area contributed by atoms with Gasteiger partial charge in [0, 0.05) is 6.42 Å². The average molecular weight is 261 g/mol. The molecule has 2 amide bonds. The molecule has 19 heavy (non-hydrogen) atoms. The molecule has 0 aromatic heterocycles. The standard InChI is InChI=1S/C14H15NO4/c1-2-19-14(18)11-8-12(16)15(13(11)17)9-10-6-4-3-5-7-10/h3-7,11H,2,8-9H2,1H3. The van der Waals surface area contributed by atoms with Crippen molar-refractivity contribution in [2.24, 2.45) is 5.92 Å². The van der Waals surface area contributed by atoms with Gasteiger partial charge >= 0.3 is 5.97 Å². The Kier molecular flexibility index (Phi) is 3.94. The van der Waals surface area contributed by atoms with Crippen LogP contribution < -0.4 is 0 Å². The molecule has 1 saturated heterocycles. The molecule has 1 heterocycles. The smallest absolute Gasteiger partial charge is 0.319 e. The molecular formula is C14H15NO4. The van der Waals surface area contributed by atoms with E-state index in [1.54, 1.807) is 6.92 Å². The van der Waals surface area contributed by atoms with Crippen LogP contribution in [0.15, 0.2) is 30.3 Å². The second kappa shape index (κ2) is 5.65. The number of hydrogen-bond acceptors (Lipinski definition) is 4. The van der Waals surface area contributed by atoms with Crippen molar-refractivity contribution in [2.45, 2.75) is 19.9 Å². The molecule has 0 spiro atoms. The molecule has 0 radical (unpaired) electrons.